The molecule has 15 heavy (non-hydrogen) atoms. The molecule has 0 unspecified atom stereocenters. The van der Waals surface area contributed by atoms with Crippen LogP contribution in [0.2, 0.25) is 0 Å². The third-order valence-electron chi connectivity index (χ3n) is 2.61. The molecule has 0 saturated carbocycles. The Balaban J connectivity index is 2.85. The van der Waals surface area contributed by atoms with Crippen molar-refractivity contribution in [3.8, 4) is 0 Å². The number of anilines is 1. The average Bonchev–Trinajstić information content (AvgIpc) is 2.26. The van der Waals surface area contributed by atoms with E-state index in [0.717, 1.165) is 22.7 Å². The maximum atomic E-state index is 4.12. The van der Waals surface area contributed by atoms with Gasteiger partial charge >= 0.3 is 0 Å². The van der Waals surface area contributed by atoms with Crippen molar-refractivity contribution >= 4 is 29.6 Å². The molecule has 0 radical (unpaired) electrons. The van der Waals surface area contributed by atoms with Crippen molar-refractivity contribution in [2.75, 3.05) is 11.9 Å². The highest BCUT2D eigenvalue weighted by molar-refractivity contribution is 5.87. The van der Waals surface area contributed by atoms with Gasteiger partial charge in [0.15, 0.2) is 0 Å². The third kappa shape index (κ3) is 1.61. The van der Waals surface area contributed by atoms with Crippen molar-refractivity contribution in [3.63, 3.8) is 0 Å². The fourth-order valence-electron chi connectivity index (χ4n) is 1.86. The van der Waals surface area contributed by atoms with Crippen molar-refractivity contribution in [1.82, 2.24) is 0 Å². The average molecular weight is 197 g/mol. The lowest BCUT2D eigenvalue weighted by Crippen LogP contribution is -2.16. The molecule has 76 valence electrons. The molecule has 0 bridgehead atoms. The summed E-state index contributed by atoms with van der Waals surface area (Å²) >= 11 is 0. The first-order valence-corrected chi connectivity index (χ1v) is 5.17. The van der Waals surface area contributed by atoms with Gasteiger partial charge in [-0.05, 0) is 34.2 Å². The van der Waals surface area contributed by atoms with Crippen LogP contribution in [0.1, 0.15) is 6.92 Å². The van der Waals surface area contributed by atoms with Crippen molar-refractivity contribution in [2.24, 2.45) is 0 Å². The second kappa shape index (κ2) is 3.77. The SMILES string of the molecule is C=c1cc(NCC)c(=C)c2ccccc12. The van der Waals surface area contributed by atoms with E-state index in [9.17, 15) is 0 Å². The molecule has 0 amide bonds. The third-order valence-corrected chi connectivity index (χ3v) is 2.61. The largest absolute Gasteiger partial charge is 0.385 e. The summed E-state index contributed by atoms with van der Waals surface area (Å²) < 4.78 is 0. The molecule has 1 nitrogen and oxygen atoms in total. The zero-order valence-corrected chi connectivity index (χ0v) is 9.01. The van der Waals surface area contributed by atoms with Crippen LogP contribution in [0.25, 0.3) is 23.9 Å². The predicted molar refractivity (Wildman–Crippen MR) is 68.4 cm³/mol. The Labute approximate surface area is 89.7 Å². The van der Waals surface area contributed by atoms with Crippen molar-refractivity contribution in [3.05, 3.63) is 40.8 Å². The van der Waals surface area contributed by atoms with Crippen LogP contribution in [-0.4, -0.2) is 6.54 Å². The number of nitrogens with one attached hydrogen (secondary N) is 1. The Morgan fingerprint density at radius 3 is 2.47 bits per heavy atom. The molecule has 0 atom stereocenters. The first-order chi connectivity index (χ1) is 7.24. The minimum Gasteiger partial charge on any atom is -0.385 e. The van der Waals surface area contributed by atoms with Gasteiger partial charge in [0.25, 0.3) is 0 Å². The lowest BCUT2D eigenvalue weighted by atomic mass is 10.1. The molecule has 0 spiro atoms. The maximum absolute atomic E-state index is 4.12. The molecular weight excluding hydrogens is 182 g/mol. The molecule has 0 heterocycles. The van der Waals surface area contributed by atoms with Gasteiger partial charge in [0.05, 0.1) is 0 Å². The van der Waals surface area contributed by atoms with E-state index in [2.05, 4.69) is 43.6 Å². The van der Waals surface area contributed by atoms with Gasteiger partial charge in [-0.15, -0.1) is 0 Å². The van der Waals surface area contributed by atoms with Gasteiger partial charge in [-0.1, -0.05) is 37.4 Å². The van der Waals surface area contributed by atoms with E-state index < -0.39 is 0 Å². The quantitative estimate of drug-likeness (QED) is 0.777. The Hall–Kier alpha value is -1.76. The van der Waals surface area contributed by atoms with Crippen LogP contribution in [-0.2, 0) is 0 Å². The van der Waals surface area contributed by atoms with Crippen LogP contribution in [0.3, 0.4) is 0 Å². The van der Waals surface area contributed by atoms with E-state index in [1.165, 1.54) is 10.8 Å². The van der Waals surface area contributed by atoms with Gasteiger partial charge in [0.2, 0.25) is 0 Å². The van der Waals surface area contributed by atoms with Crippen LogP contribution < -0.4 is 15.8 Å². The second-order valence-corrected chi connectivity index (χ2v) is 3.64. The van der Waals surface area contributed by atoms with Crippen LogP contribution in [0.5, 0.6) is 0 Å². The highest BCUT2D eigenvalue weighted by Crippen LogP contribution is 2.07. The molecule has 2 rings (SSSR count). The predicted octanol–water partition coefficient (Wildman–Crippen LogP) is 2.09. The van der Waals surface area contributed by atoms with E-state index in [1.54, 1.807) is 0 Å². The van der Waals surface area contributed by atoms with Gasteiger partial charge in [0, 0.05) is 12.2 Å². The molecule has 0 aliphatic rings. The summed E-state index contributed by atoms with van der Waals surface area (Å²) in [5, 5.41) is 7.78. The van der Waals surface area contributed by atoms with Crippen molar-refractivity contribution in [2.45, 2.75) is 6.92 Å². The Morgan fingerprint density at radius 2 is 1.80 bits per heavy atom. The van der Waals surface area contributed by atoms with Crippen molar-refractivity contribution < 1.29 is 0 Å². The highest BCUT2D eigenvalue weighted by atomic mass is 14.8. The lowest BCUT2D eigenvalue weighted by molar-refractivity contribution is 1.21. The maximum Gasteiger partial charge on any atom is 0.0419 e. The van der Waals surface area contributed by atoms with E-state index in [4.69, 9.17) is 0 Å². The lowest BCUT2D eigenvalue weighted by Gasteiger charge is -2.07. The minimum absolute atomic E-state index is 0.903. The van der Waals surface area contributed by atoms with Crippen LogP contribution in [0.4, 0.5) is 5.69 Å². The van der Waals surface area contributed by atoms with E-state index in [0.29, 0.717) is 0 Å². The van der Waals surface area contributed by atoms with Gasteiger partial charge in [0.1, 0.15) is 0 Å². The summed E-state index contributed by atoms with van der Waals surface area (Å²) in [6, 6.07) is 10.3. The standard InChI is InChI=1S/C14H15N/c1-4-15-14-9-10(2)12-7-5-6-8-13(12)11(14)3/h5-9,15H,2-4H2,1H3. The summed E-state index contributed by atoms with van der Waals surface area (Å²) in [5.74, 6) is 0. The summed E-state index contributed by atoms with van der Waals surface area (Å²) in [4.78, 5) is 0. The van der Waals surface area contributed by atoms with E-state index >= 15 is 0 Å². The smallest absolute Gasteiger partial charge is 0.0419 e. The number of hydrogen-bond donors (Lipinski definition) is 1. The van der Waals surface area contributed by atoms with Gasteiger partial charge < -0.3 is 5.32 Å². The fraction of sp³-hybridized carbons (Fsp3) is 0.143. The molecule has 1 heteroatoms. The molecule has 0 aromatic heterocycles. The fourth-order valence-corrected chi connectivity index (χ4v) is 1.86. The molecular formula is C14H15N. The van der Waals surface area contributed by atoms with Gasteiger partial charge in [-0.25, -0.2) is 0 Å². The number of hydrogen-bond acceptors (Lipinski definition) is 1. The van der Waals surface area contributed by atoms with Gasteiger partial charge in [-0.2, -0.15) is 0 Å². The summed E-state index contributed by atoms with van der Waals surface area (Å²) in [7, 11) is 0. The van der Waals surface area contributed by atoms with E-state index in [1.807, 2.05) is 12.1 Å². The van der Waals surface area contributed by atoms with Crippen molar-refractivity contribution in [1.29, 1.82) is 0 Å². The molecule has 1 N–H and O–H groups in total. The summed E-state index contributed by atoms with van der Waals surface area (Å²) in [5.41, 5.74) is 1.08. The second-order valence-electron chi connectivity index (χ2n) is 3.64. The molecule has 0 fully saturated rings. The Bertz CT molecular complexity index is 584. The van der Waals surface area contributed by atoms with Crippen LogP contribution >= 0.6 is 0 Å². The molecule has 2 aromatic carbocycles. The summed E-state index contributed by atoms with van der Waals surface area (Å²) in [6.45, 7) is 11.2. The van der Waals surface area contributed by atoms with Crippen LogP contribution in [0, 0.1) is 0 Å². The first kappa shape index (κ1) is 9.78. The molecule has 0 aliphatic carbocycles. The van der Waals surface area contributed by atoms with Gasteiger partial charge in [-0.3, -0.25) is 0 Å². The van der Waals surface area contributed by atoms with Crippen LogP contribution in [0.15, 0.2) is 30.3 Å². The molecule has 0 aliphatic heterocycles. The van der Waals surface area contributed by atoms with E-state index in [-0.39, 0.29) is 0 Å². The molecule has 2 aromatic rings. The number of benzene rings is 2. The minimum atomic E-state index is 0.903. The topological polar surface area (TPSA) is 12.0 Å². The monoisotopic (exact) mass is 197 g/mol. The number of fused-ring (bicyclic) bond motifs is 1. The Morgan fingerprint density at radius 1 is 1.13 bits per heavy atom. The number of rotatable bonds is 2. The first-order valence-electron chi connectivity index (χ1n) is 5.17. The molecule has 0 saturated heterocycles. The Kier molecular flexibility index (Phi) is 2.46. The normalized spacial score (nSPS) is 10.5. The summed E-state index contributed by atoms with van der Waals surface area (Å²) in [6.07, 6.45) is 0. The zero-order chi connectivity index (χ0) is 10.8. The zero-order valence-electron chi connectivity index (χ0n) is 9.01. The highest BCUT2D eigenvalue weighted by Gasteiger charge is 1.99.